The average molecular weight is 515 g/mol. The molecule has 0 unspecified atom stereocenters. The van der Waals surface area contributed by atoms with Crippen LogP contribution in [0.25, 0.3) is 11.1 Å². The van der Waals surface area contributed by atoms with Gasteiger partial charge < -0.3 is 19.6 Å². The van der Waals surface area contributed by atoms with Crippen LogP contribution in [0, 0.1) is 5.92 Å². The molecule has 0 aliphatic carbocycles. The highest BCUT2D eigenvalue weighted by Gasteiger charge is 2.32. The normalized spacial score (nSPS) is 19.5. The highest BCUT2D eigenvalue weighted by atomic mass is 16.5. The second-order valence-electron chi connectivity index (χ2n) is 10.4. The Kier molecular flexibility index (Phi) is 8.97. The largest absolute Gasteiger partial charge is 0.394 e. The molecule has 6 nitrogen and oxygen atoms in total. The van der Waals surface area contributed by atoms with Crippen molar-refractivity contribution < 1.29 is 19.4 Å². The number of rotatable bonds is 6. The SMILES string of the molecule is C[C@@H]1CN([C@@H](C)CO)C(=O)c2ccccc2-c2ccccc2CO[C@H]1CN(C)C(=O)[C@H](C)c1ccccc1. The molecule has 3 aromatic carbocycles. The van der Waals surface area contributed by atoms with Crippen LogP contribution in [0.3, 0.4) is 0 Å². The Bertz CT molecular complexity index is 1240. The van der Waals surface area contributed by atoms with Gasteiger partial charge in [0.25, 0.3) is 5.91 Å². The predicted molar refractivity (Wildman–Crippen MR) is 150 cm³/mol. The smallest absolute Gasteiger partial charge is 0.254 e. The summed E-state index contributed by atoms with van der Waals surface area (Å²) in [6, 6.07) is 25.0. The molecule has 0 bridgehead atoms. The zero-order chi connectivity index (χ0) is 27.2. The van der Waals surface area contributed by atoms with Crippen LogP contribution in [-0.2, 0) is 16.1 Å². The minimum Gasteiger partial charge on any atom is -0.394 e. The molecule has 200 valence electrons. The van der Waals surface area contributed by atoms with Crippen LogP contribution >= 0.6 is 0 Å². The zero-order valence-corrected chi connectivity index (χ0v) is 22.7. The number of ether oxygens (including phenoxy) is 1. The van der Waals surface area contributed by atoms with Gasteiger partial charge in [-0.05, 0) is 42.2 Å². The minimum absolute atomic E-state index is 0.0192. The van der Waals surface area contributed by atoms with Gasteiger partial charge in [0.2, 0.25) is 5.91 Å². The first-order valence-corrected chi connectivity index (χ1v) is 13.3. The minimum atomic E-state index is -0.368. The van der Waals surface area contributed by atoms with E-state index in [-0.39, 0.29) is 42.4 Å². The number of carbonyl (C=O) groups is 2. The van der Waals surface area contributed by atoms with Crippen molar-refractivity contribution in [3.05, 3.63) is 95.6 Å². The third-order valence-corrected chi connectivity index (χ3v) is 7.59. The first kappa shape index (κ1) is 27.6. The number of benzene rings is 3. The number of aliphatic hydroxyl groups excluding tert-OH is 1. The van der Waals surface area contributed by atoms with E-state index in [0.717, 1.165) is 22.3 Å². The van der Waals surface area contributed by atoms with Crippen LogP contribution in [0.1, 0.15) is 48.2 Å². The topological polar surface area (TPSA) is 70.1 Å². The van der Waals surface area contributed by atoms with Gasteiger partial charge in [0.1, 0.15) is 0 Å². The molecule has 2 amide bonds. The number of amides is 2. The molecule has 0 fully saturated rings. The Balaban J connectivity index is 1.67. The van der Waals surface area contributed by atoms with Crippen molar-refractivity contribution >= 4 is 11.8 Å². The summed E-state index contributed by atoms with van der Waals surface area (Å²) < 4.78 is 6.54. The van der Waals surface area contributed by atoms with E-state index in [0.29, 0.717) is 25.3 Å². The van der Waals surface area contributed by atoms with E-state index in [9.17, 15) is 14.7 Å². The molecule has 6 heteroatoms. The lowest BCUT2D eigenvalue weighted by molar-refractivity contribution is -0.134. The molecule has 3 aromatic rings. The predicted octanol–water partition coefficient (Wildman–Crippen LogP) is 4.97. The summed E-state index contributed by atoms with van der Waals surface area (Å²) in [6.45, 7) is 6.83. The summed E-state index contributed by atoms with van der Waals surface area (Å²) in [6.07, 6.45) is -0.317. The maximum absolute atomic E-state index is 13.9. The Morgan fingerprint density at radius 1 is 0.974 bits per heavy atom. The summed E-state index contributed by atoms with van der Waals surface area (Å²) in [5.74, 6) is -0.466. The van der Waals surface area contributed by atoms with E-state index in [4.69, 9.17) is 4.74 Å². The molecule has 1 aliphatic rings. The molecule has 4 atom stereocenters. The first-order chi connectivity index (χ1) is 18.3. The van der Waals surface area contributed by atoms with Crippen LogP contribution in [0.15, 0.2) is 78.9 Å². The molecule has 0 saturated heterocycles. The van der Waals surface area contributed by atoms with Gasteiger partial charge in [-0.15, -0.1) is 0 Å². The molecule has 0 saturated carbocycles. The lowest BCUT2D eigenvalue weighted by Crippen LogP contribution is -2.48. The molecular formula is C32H38N2O4. The molecule has 4 rings (SSSR count). The molecule has 1 heterocycles. The Labute approximate surface area is 225 Å². The number of nitrogens with zero attached hydrogens (tertiary/aromatic N) is 2. The van der Waals surface area contributed by atoms with E-state index in [2.05, 4.69) is 0 Å². The molecular weight excluding hydrogens is 476 g/mol. The average Bonchev–Trinajstić information content (AvgIpc) is 2.97. The number of aliphatic hydroxyl groups is 1. The van der Waals surface area contributed by atoms with Gasteiger partial charge >= 0.3 is 0 Å². The van der Waals surface area contributed by atoms with Crippen molar-refractivity contribution in [1.82, 2.24) is 9.80 Å². The first-order valence-electron chi connectivity index (χ1n) is 13.3. The standard InChI is InChI=1S/C32H38N2O4/c1-22-18-34(23(2)20-35)32(37)29-17-11-10-16-28(29)27-15-9-8-14-26(27)21-38-30(22)19-33(4)31(36)24(3)25-12-6-5-7-13-25/h5-17,22-24,30,35H,18-21H2,1-4H3/t22-,23+,24-,30+/m1/s1. The van der Waals surface area contributed by atoms with Crippen molar-refractivity contribution in [2.24, 2.45) is 5.92 Å². The number of hydrogen-bond donors (Lipinski definition) is 1. The van der Waals surface area contributed by atoms with Crippen molar-refractivity contribution in [1.29, 1.82) is 0 Å². The zero-order valence-electron chi connectivity index (χ0n) is 22.7. The van der Waals surface area contributed by atoms with E-state index in [1.807, 2.05) is 107 Å². The fourth-order valence-electron chi connectivity index (χ4n) is 5.13. The second-order valence-corrected chi connectivity index (χ2v) is 10.4. The number of hydrogen-bond acceptors (Lipinski definition) is 4. The van der Waals surface area contributed by atoms with Gasteiger partial charge in [-0.2, -0.15) is 0 Å². The molecule has 0 spiro atoms. The highest BCUT2D eigenvalue weighted by Crippen LogP contribution is 2.31. The fraction of sp³-hybridized carbons (Fsp3) is 0.375. The maximum atomic E-state index is 13.9. The van der Waals surface area contributed by atoms with Gasteiger partial charge in [0, 0.05) is 31.6 Å². The van der Waals surface area contributed by atoms with E-state index < -0.39 is 0 Å². The number of carbonyl (C=O) groups excluding carboxylic acids is 2. The van der Waals surface area contributed by atoms with Gasteiger partial charge in [-0.25, -0.2) is 0 Å². The second kappa shape index (κ2) is 12.4. The summed E-state index contributed by atoms with van der Waals surface area (Å²) in [5, 5.41) is 10.0. The molecule has 0 aromatic heterocycles. The molecule has 1 N–H and O–H groups in total. The third kappa shape index (κ3) is 5.98. The maximum Gasteiger partial charge on any atom is 0.254 e. The van der Waals surface area contributed by atoms with Crippen molar-refractivity contribution in [2.45, 2.75) is 45.4 Å². The molecule has 0 radical (unpaired) electrons. The van der Waals surface area contributed by atoms with Gasteiger partial charge in [0.15, 0.2) is 0 Å². The lowest BCUT2D eigenvalue weighted by atomic mass is 9.94. The van der Waals surface area contributed by atoms with Crippen LogP contribution in [0.2, 0.25) is 0 Å². The van der Waals surface area contributed by atoms with Crippen LogP contribution in [0.4, 0.5) is 0 Å². The van der Waals surface area contributed by atoms with Gasteiger partial charge in [0.05, 0.1) is 31.3 Å². The van der Waals surface area contributed by atoms with E-state index in [1.165, 1.54) is 0 Å². The fourth-order valence-corrected chi connectivity index (χ4v) is 5.13. The number of likely N-dealkylation sites (N-methyl/N-ethyl adjacent to an activating group) is 1. The quantitative estimate of drug-likeness (QED) is 0.504. The summed E-state index contributed by atoms with van der Waals surface area (Å²) in [4.78, 5) is 30.7. The highest BCUT2D eigenvalue weighted by molar-refractivity contribution is 6.01. The van der Waals surface area contributed by atoms with E-state index >= 15 is 0 Å². The summed E-state index contributed by atoms with van der Waals surface area (Å²) in [7, 11) is 1.81. The van der Waals surface area contributed by atoms with Crippen LogP contribution in [0.5, 0.6) is 0 Å². The van der Waals surface area contributed by atoms with Crippen molar-refractivity contribution in [3.8, 4) is 11.1 Å². The van der Waals surface area contributed by atoms with Gasteiger partial charge in [-0.1, -0.05) is 79.7 Å². The van der Waals surface area contributed by atoms with Crippen LogP contribution < -0.4 is 0 Å². The third-order valence-electron chi connectivity index (χ3n) is 7.59. The Hall–Kier alpha value is -3.48. The monoisotopic (exact) mass is 514 g/mol. The lowest BCUT2D eigenvalue weighted by Gasteiger charge is -2.35. The summed E-state index contributed by atoms with van der Waals surface area (Å²) >= 11 is 0. The van der Waals surface area contributed by atoms with Gasteiger partial charge in [-0.3, -0.25) is 9.59 Å². The van der Waals surface area contributed by atoms with E-state index in [1.54, 1.807) is 9.80 Å². The molecule has 1 aliphatic heterocycles. The van der Waals surface area contributed by atoms with Crippen molar-refractivity contribution in [3.63, 3.8) is 0 Å². The summed E-state index contributed by atoms with van der Waals surface area (Å²) in [5.41, 5.74) is 4.36. The van der Waals surface area contributed by atoms with Crippen molar-refractivity contribution in [2.75, 3.05) is 26.7 Å². The Morgan fingerprint density at radius 2 is 1.58 bits per heavy atom. The van der Waals surface area contributed by atoms with Crippen LogP contribution in [-0.4, -0.2) is 65.6 Å². The molecule has 38 heavy (non-hydrogen) atoms. The number of fused-ring (bicyclic) bond motifs is 3. The Morgan fingerprint density at radius 3 is 2.26 bits per heavy atom.